The van der Waals surface area contributed by atoms with Crippen LogP contribution in [0.5, 0.6) is 0 Å². The van der Waals surface area contributed by atoms with Crippen LogP contribution in [0.1, 0.15) is 35.0 Å². The van der Waals surface area contributed by atoms with Crippen molar-refractivity contribution in [3.8, 4) is 0 Å². The average Bonchev–Trinajstić information content (AvgIpc) is 2.98. The molecule has 0 saturated carbocycles. The summed E-state index contributed by atoms with van der Waals surface area (Å²) in [6, 6.07) is 20.5. The molecule has 0 saturated heterocycles. The van der Waals surface area contributed by atoms with Gasteiger partial charge in [-0.3, -0.25) is 9.48 Å². The topological polar surface area (TPSA) is 46.9 Å². The monoisotopic (exact) mass is 393 g/mol. The van der Waals surface area contributed by atoms with E-state index in [1.54, 1.807) is 11.8 Å². The summed E-state index contributed by atoms with van der Waals surface area (Å²) in [5, 5.41) is 7.65. The molecule has 0 bridgehead atoms. The number of nitrogens with one attached hydrogen (secondary N) is 1. The maximum absolute atomic E-state index is 12.5. The number of rotatable bonds is 8. The average molecular weight is 394 g/mol. The molecule has 28 heavy (non-hydrogen) atoms. The second-order valence-electron chi connectivity index (χ2n) is 6.95. The highest BCUT2D eigenvalue weighted by Gasteiger charge is 2.16. The van der Waals surface area contributed by atoms with E-state index in [0.29, 0.717) is 6.54 Å². The maximum atomic E-state index is 12.5. The van der Waals surface area contributed by atoms with Crippen molar-refractivity contribution in [3.05, 3.63) is 88.7 Å². The number of hydrogen-bond acceptors (Lipinski definition) is 3. The van der Waals surface area contributed by atoms with E-state index in [1.165, 1.54) is 11.1 Å². The third-order valence-electron chi connectivity index (χ3n) is 4.86. The van der Waals surface area contributed by atoms with Crippen LogP contribution in [0, 0.1) is 13.8 Å². The summed E-state index contributed by atoms with van der Waals surface area (Å²) < 4.78 is 2.01. The van der Waals surface area contributed by atoms with E-state index in [4.69, 9.17) is 0 Å². The van der Waals surface area contributed by atoms with Gasteiger partial charge in [-0.15, -0.1) is 11.8 Å². The Balaban J connectivity index is 1.55. The Morgan fingerprint density at radius 1 is 1.04 bits per heavy atom. The van der Waals surface area contributed by atoms with Gasteiger partial charge in [-0.25, -0.2) is 0 Å². The molecule has 0 aliphatic rings. The Bertz CT molecular complexity index is 906. The minimum Gasteiger partial charge on any atom is -0.351 e. The molecule has 0 aliphatic carbocycles. The Morgan fingerprint density at radius 2 is 1.64 bits per heavy atom. The first-order chi connectivity index (χ1) is 13.5. The van der Waals surface area contributed by atoms with E-state index in [1.807, 2.05) is 54.9 Å². The molecule has 1 N–H and O–H groups in total. The first-order valence-corrected chi connectivity index (χ1v) is 10.6. The number of carbonyl (C=O) groups excluding carboxylic acids is 1. The molecular weight excluding hydrogens is 366 g/mol. The number of thioether (sulfide) groups is 1. The summed E-state index contributed by atoms with van der Waals surface area (Å²) in [6.07, 6.45) is 0. The molecule has 1 atom stereocenters. The van der Waals surface area contributed by atoms with Crippen molar-refractivity contribution in [2.45, 2.75) is 44.9 Å². The van der Waals surface area contributed by atoms with Gasteiger partial charge in [-0.05, 0) is 31.9 Å². The van der Waals surface area contributed by atoms with Crippen LogP contribution < -0.4 is 5.32 Å². The second-order valence-corrected chi connectivity index (χ2v) is 8.28. The normalized spacial score (nSPS) is 12.0. The fourth-order valence-corrected chi connectivity index (χ4v) is 3.96. The largest absolute Gasteiger partial charge is 0.351 e. The number of aromatic nitrogens is 2. The molecule has 3 aromatic rings. The number of aryl methyl sites for hydroxylation is 1. The molecule has 146 valence electrons. The van der Waals surface area contributed by atoms with Crippen molar-refractivity contribution in [2.75, 3.05) is 0 Å². The van der Waals surface area contributed by atoms with Crippen LogP contribution in [0.4, 0.5) is 0 Å². The van der Waals surface area contributed by atoms with Gasteiger partial charge >= 0.3 is 0 Å². The van der Waals surface area contributed by atoms with Crippen LogP contribution in [-0.2, 0) is 23.6 Å². The van der Waals surface area contributed by atoms with E-state index in [2.05, 4.69) is 41.6 Å². The maximum Gasteiger partial charge on any atom is 0.233 e. The van der Waals surface area contributed by atoms with Gasteiger partial charge in [-0.2, -0.15) is 5.10 Å². The first kappa shape index (κ1) is 20.2. The van der Waals surface area contributed by atoms with Crippen LogP contribution in [0.15, 0.2) is 60.7 Å². The lowest BCUT2D eigenvalue weighted by molar-refractivity contribution is -0.120. The predicted octanol–water partition coefficient (Wildman–Crippen LogP) is 4.49. The highest BCUT2D eigenvalue weighted by atomic mass is 32.2. The molecule has 0 fully saturated rings. The zero-order chi connectivity index (χ0) is 19.9. The number of benzene rings is 2. The van der Waals surface area contributed by atoms with Gasteiger partial charge in [-0.1, -0.05) is 60.7 Å². The molecule has 0 aliphatic heterocycles. The summed E-state index contributed by atoms with van der Waals surface area (Å²) in [5.74, 6) is 0.901. The van der Waals surface area contributed by atoms with Gasteiger partial charge in [0.25, 0.3) is 0 Å². The smallest absolute Gasteiger partial charge is 0.233 e. The van der Waals surface area contributed by atoms with Crippen LogP contribution in [0.25, 0.3) is 0 Å². The molecule has 0 unspecified atom stereocenters. The van der Waals surface area contributed by atoms with Crippen molar-refractivity contribution < 1.29 is 4.79 Å². The number of nitrogens with zero attached hydrogens (tertiary/aromatic N) is 2. The van der Waals surface area contributed by atoms with Crippen molar-refractivity contribution >= 4 is 17.7 Å². The zero-order valence-electron chi connectivity index (χ0n) is 16.7. The molecular formula is C23H27N3OS. The molecule has 5 heteroatoms. The van der Waals surface area contributed by atoms with Crippen molar-refractivity contribution in [2.24, 2.45) is 0 Å². The summed E-state index contributed by atoms with van der Waals surface area (Å²) in [6.45, 7) is 7.29. The minimum absolute atomic E-state index is 0.0653. The summed E-state index contributed by atoms with van der Waals surface area (Å²) in [5.41, 5.74) is 5.63. The Hall–Kier alpha value is -2.53. The van der Waals surface area contributed by atoms with Crippen LogP contribution in [-0.4, -0.2) is 20.9 Å². The Kier molecular flexibility index (Phi) is 6.93. The van der Waals surface area contributed by atoms with Crippen molar-refractivity contribution in [1.82, 2.24) is 15.1 Å². The van der Waals surface area contributed by atoms with E-state index in [0.717, 1.165) is 29.2 Å². The van der Waals surface area contributed by atoms with Crippen molar-refractivity contribution in [1.29, 1.82) is 0 Å². The lowest BCUT2D eigenvalue weighted by Crippen LogP contribution is -2.30. The van der Waals surface area contributed by atoms with E-state index < -0.39 is 0 Å². The van der Waals surface area contributed by atoms with Gasteiger partial charge in [0, 0.05) is 23.6 Å². The van der Waals surface area contributed by atoms with Gasteiger partial charge in [0.2, 0.25) is 5.91 Å². The third-order valence-corrected chi connectivity index (χ3v) is 6.07. The summed E-state index contributed by atoms with van der Waals surface area (Å²) >= 11 is 1.66. The molecule has 2 aromatic carbocycles. The number of hydrogen-bond donors (Lipinski definition) is 1. The van der Waals surface area contributed by atoms with Gasteiger partial charge in [0.1, 0.15) is 0 Å². The minimum atomic E-state index is -0.0971. The molecule has 1 aromatic heterocycles. The van der Waals surface area contributed by atoms with Crippen LogP contribution in [0.3, 0.4) is 0 Å². The summed E-state index contributed by atoms with van der Waals surface area (Å²) in [7, 11) is 0. The SMILES string of the molecule is Cc1nn(Cc2ccccc2)c(C)c1CNC(=O)[C@H](C)SCc1ccccc1. The highest BCUT2D eigenvalue weighted by Crippen LogP contribution is 2.19. The van der Waals surface area contributed by atoms with Crippen LogP contribution >= 0.6 is 11.8 Å². The Morgan fingerprint density at radius 3 is 2.29 bits per heavy atom. The van der Waals surface area contributed by atoms with Gasteiger partial charge in [0.05, 0.1) is 17.5 Å². The van der Waals surface area contributed by atoms with E-state index in [-0.39, 0.29) is 11.2 Å². The molecule has 0 radical (unpaired) electrons. The summed E-state index contributed by atoms with van der Waals surface area (Å²) in [4.78, 5) is 12.5. The quantitative estimate of drug-likeness (QED) is 0.613. The van der Waals surface area contributed by atoms with Gasteiger partial charge < -0.3 is 5.32 Å². The molecule has 1 heterocycles. The lowest BCUT2D eigenvalue weighted by atomic mass is 10.2. The predicted molar refractivity (Wildman–Crippen MR) is 116 cm³/mol. The van der Waals surface area contributed by atoms with Gasteiger partial charge in [0.15, 0.2) is 0 Å². The standard InChI is InChI=1S/C23H27N3OS/c1-17-22(18(2)26(25-17)15-20-10-6-4-7-11-20)14-24-23(27)19(3)28-16-21-12-8-5-9-13-21/h4-13,19H,14-16H2,1-3H3,(H,24,27)/t19-/m0/s1. The fraction of sp³-hybridized carbons (Fsp3) is 0.304. The lowest BCUT2D eigenvalue weighted by Gasteiger charge is -2.12. The second kappa shape index (κ2) is 9.60. The Labute approximate surface area is 171 Å². The molecule has 1 amide bonds. The highest BCUT2D eigenvalue weighted by molar-refractivity contribution is 7.99. The number of amides is 1. The fourth-order valence-electron chi connectivity index (χ4n) is 3.09. The van der Waals surface area contributed by atoms with E-state index >= 15 is 0 Å². The molecule has 4 nitrogen and oxygen atoms in total. The third kappa shape index (κ3) is 5.26. The number of carbonyl (C=O) groups is 1. The molecule has 0 spiro atoms. The van der Waals surface area contributed by atoms with E-state index in [9.17, 15) is 4.79 Å². The first-order valence-electron chi connectivity index (χ1n) is 9.54. The van der Waals surface area contributed by atoms with Crippen LogP contribution in [0.2, 0.25) is 0 Å². The van der Waals surface area contributed by atoms with Crippen molar-refractivity contribution in [3.63, 3.8) is 0 Å². The zero-order valence-corrected chi connectivity index (χ0v) is 17.5. The molecule has 3 rings (SSSR count).